The minimum atomic E-state index is -3.37. The number of benzene rings is 3. The standard InChI is InChI=1S/C51H63ClN10O7S/c1-5-7-8-9-10-11-12-13-14-15-23-46(63)56-42-20-16-17-21-44(42)69-35-54-37-24-26-40(52)43(34-37)58-49(64)47(57-41-27-25-38(33-36(41)3)61(6-2)31-30-55-70(4,66)67)48-59-50-39(28-32-68-50)51(65)62(48)60-45-22-18-19-29-53-45/h16-22,24-29,32-34,54-55H,5-15,23,30-31,35H2,1-4H3,(H,53,60)(H,56,63)(H,58,64)/b57-47+. The number of sulfonamides is 1. The Kier molecular flexibility index (Phi) is 19.8. The fraction of sp³-hybridized carbons (Fsp3) is 0.373. The van der Waals surface area contributed by atoms with Gasteiger partial charge in [-0.15, -0.1) is 0 Å². The molecule has 3 heterocycles. The number of hydrogen-bond donors (Lipinski definition) is 5. The van der Waals surface area contributed by atoms with Crippen LogP contribution in [-0.4, -0.2) is 73.2 Å². The molecule has 0 aliphatic heterocycles. The molecule has 6 rings (SSSR count). The lowest BCUT2D eigenvalue weighted by Crippen LogP contribution is -2.37. The molecule has 0 aliphatic carbocycles. The van der Waals surface area contributed by atoms with E-state index in [2.05, 4.69) is 43.0 Å². The van der Waals surface area contributed by atoms with Crippen molar-refractivity contribution in [3.8, 4) is 5.75 Å². The van der Waals surface area contributed by atoms with Gasteiger partial charge in [-0.25, -0.2) is 23.1 Å². The van der Waals surface area contributed by atoms with Gasteiger partial charge in [-0.2, -0.15) is 9.66 Å². The first-order valence-electron chi connectivity index (χ1n) is 23.8. The molecule has 0 saturated heterocycles. The van der Waals surface area contributed by atoms with E-state index in [1.807, 2.05) is 43.0 Å². The van der Waals surface area contributed by atoms with Crippen molar-refractivity contribution >= 4 is 84.5 Å². The molecule has 3 aromatic heterocycles. The van der Waals surface area contributed by atoms with Gasteiger partial charge < -0.3 is 30.0 Å². The van der Waals surface area contributed by atoms with E-state index in [0.717, 1.165) is 35.9 Å². The molecule has 70 heavy (non-hydrogen) atoms. The van der Waals surface area contributed by atoms with Crippen LogP contribution in [0.2, 0.25) is 5.02 Å². The predicted molar refractivity (Wildman–Crippen MR) is 280 cm³/mol. The van der Waals surface area contributed by atoms with Crippen LogP contribution in [0.5, 0.6) is 5.75 Å². The first-order valence-corrected chi connectivity index (χ1v) is 26.0. The van der Waals surface area contributed by atoms with Crippen molar-refractivity contribution in [2.24, 2.45) is 4.99 Å². The van der Waals surface area contributed by atoms with Crippen LogP contribution in [0.1, 0.15) is 95.9 Å². The number of para-hydroxylation sites is 2. The van der Waals surface area contributed by atoms with Crippen LogP contribution < -0.4 is 41.3 Å². The number of likely N-dealkylation sites (N-methyl/N-ethyl adjacent to an activating group) is 1. The van der Waals surface area contributed by atoms with Gasteiger partial charge in [0.2, 0.25) is 21.6 Å². The number of carbonyl (C=O) groups is 2. The van der Waals surface area contributed by atoms with E-state index in [9.17, 15) is 22.8 Å². The molecule has 372 valence electrons. The molecule has 0 bridgehead atoms. The van der Waals surface area contributed by atoms with Gasteiger partial charge in [0.25, 0.3) is 11.5 Å². The topological polar surface area (TPSA) is 214 Å². The molecule has 0 saturated carbocycles. The number of carbonyl (C=O) groups excluding carboxylic acids is 2. The van der Waals surface area contributed by atoms with E-state index in [1.54, 1.807) is 60.8 Å². The normalized spacial score (nSPS) is 11.6. The second-order valence-electron chi connectivity index (χ2n) is 16.8. The number of pyridine rings is 1. The van der Waals surface area contributed by atoms with E-state index in [-0.39, 0.29) is 52.5 Å². The van der Waals surface area contributed by atoms with Crippen molar-refractivity contribution in [1.82, 2.24) is 19.4 Å². The highest BCUT2D eigenvalue weighted by Crippen LogP contribution is 2.30. The van der Waals surface area contributed by atoms with Gasteiger partial charge in [0.05, 0.1) is 34.6 Å². The number of aromatic nitrogens is 3. The maximum Gasteiger partial charge on any atom is 0.284 e. The average Bonchev–Trinajstić information content (AvgIpc) is 3.82. The van der Waals surface area contributed by atoms with Crippen molar-refractivity contribution in [3.05, 3.63) is 124 Å². The van der Waals surface area contributed by atoms with Crippen molar-refractivity contribution in [1.29, 1.82) is 0 Å². The number of unbranched alkanes of at least 4 members (excludes halogenated alkanes) is 9. The van der Waals surface area contributed by atoms with Crippen LogP contribution in [0.25, 0.3) is 11.1 Å². The summed E-state index contributed by atoms with van der Waals surface area (Å²) >= 11 is 6.71. The Hall–Kier alpha value is -6.76. The van der Waals surface area contributed by atoms with E-state index in [4.69, 9.17) is 25.7 Å². The third kappa shape index (κ3) is 15.6. The first kappa shape index (κ1) is 52.6. The van der Waals surface area contributed by atoms with Crippen LogP contribution >= 0.6 is 11.6 Å². The van der Waals surface area contributed by atoms with Crippen LogP contribution in [0.3, 0.4) is 0 Å². The number of fused-ring (bicyclic) bond motifs is 1. The number of rotatable bonds is 28. The zero-order valence-electron chi connectivity index (χ0n) is 40.2. The molecule has 0 spiro atoms. The Balaban J connectivity index is 1.19. The minimum Gasteiger partial charge on any atom is -0.471 e. The molecule has 19 heteroatoms. The maximum atomic E-state index is 14.7. The van der Waals surface area contributed by atoms with Gasteiger partial charge in [-0.1, -0.05) is 94.5 Å². The molecular formula is C51H63ClN10O7S. The number of anilines is 5. The predicted octanol–water partition coefficient (Wildman–Crippen LogP) is 10.1. The molecule has 2 amide bonds. The SMILES string of the molecule is CCCCCCCCCCCCC(=O)Nc1ccccc1OCNc1ccc(Cl)c(NC(=O)/C(=N/c2ccc(N(CC)CCNS(C)(=O)=O)cc2C)c2nc3occc3c(=O)n2Nc2ccccn2)c1. The van der Waals surface area contributed by atoms with Gasteiger partial charge >= 0.3 is 0 Å². The summed E-state index contributed by atoms with van der Waals surface area (Å²) in [7, 11) is -3.37. The van der Waals surface area contributed by atoms with Crippen molar-refractivity contribution in [2.45, 2.75) is 91.4 Å². The van der Waals surface area contributed by atoms with E-state index >= 15 is 0 Å². The fourth-order valence-electron chi connectivity index (χ4n) is 7.63. The lowest BCUT2D eigenvalue weighted by molar-refractivity contribution is -0.116. The molecule has 5 N–H and O–H groups in total. The lowest BCUT2D eigenvalue weighted by Gasteiger charge is -2.24. The number of aryl methyl sites for hydroxylation is 1. The number of amides is 2. The monoisotopic (exact) mass is 994 g/mol. The molecule has 0 aliphatic rings. The Morgan fingerprint density at radius 1 is 0.871 bits per heavy atom. The number of aliphatic imine (C=N–C) groups is 1. The molecule has 6 aromatic rings. The molecule has 0 unspecified atom stereocenters. The summed E-state index contributed by atoms with van der Waals surface area (Å²) in [4.78, 5) is 57.5. The summed E-state index contributed by atoms with van der Waals surface area (Å²) in [6, 6.07) is 24.2. The smallest absolute Gasteiger partial charge is 0.284 e. The second-order valence-corrected chi connectivity index (χ2v) is 19.1. The maximum absolute atomic E-state index is 14.7. The number of furan rings is 1. The Labute approximate surface area is 414 Å². The largest absolute Gasteiger partial charge is 0.471 e. The van der Waals surface area contributed by atoms with E-state index < -0.39 is 21.5 Å². The van der Waals surface area contributed by atoms with Gasteiger partial charge in [0.15, 0.2) is 18.3 Å². The van der Waals surface area contributed by atoms with Crippen LogP contribution in [-0.2, 0) is 19.6 Å². The molecule has 0 atom stereocenters. The molecule has 17 nitrogen and oxygen atoms in total. The third-order valence-corrected chi connectivity index (χ3v) is 12.4. The van der Waals surface area contributed by atoms with Crippen molar-refractivity contribution in [2.75, 3.05) is 58.9 Å². The fourth-order valence-corrected chi connectivity index (χ4v) is 8.26. The van der Waals surface area contributed by atoms with Gasteiger partial charge in [-0.3, -0.25) is 19.8 Å². The number of nitrogens with one attached hydrogen (secondary N) is 5. The quantitative estimate of drug-likeness (QED) is 0.0176. The molecular weight excluding hydrogens is 932 g/mol. The second kappa shape index (κ2) is 26.3. The zero-order valence-corrected chi connectivity index (χ0v) is 41.8. The Morgan fingerprint density at radius 3 is 2.33 bits per heavy atom. The van der Waals surface area contributed by atoms with Crippen molar-refractivity contribution in [3.63, 3.8) is 0 Å². The summed E-state index contributed by atoms with van der Waals surface area (Å²) in [6.07, 6.45) is 16.3. The summed E-state index contributed by atoms with van der Waals surface area (Å²) in [5.74, 6) is -0.248. The molecule has 0 fully saturated rings. The number of halogens is 1. The number of nitrogens with zero attached hydrogens (tertiary/aromatic N) is 5. The highest BCUT2D eigenvalue weighted by Gasteiger charge is 2.26. The van der Waals surface area contributed by atoms with Gasteiger partial charge in [0, 0.05) is 43.6 Å². The average molecular weight is 996 g/mol. The summed E-state index contributed by atoms with van der Waals surface area (Å²) in [6.45, 7) is 7.21. The minimum absolute atomic E-state index is 0.00452. The summed E-state index contributed by atoms with van der Waals surface area (Å²) < 4.78 is 38.7. The molecule has 3 aromatic carbocycles. The molecule has 0 radical (unpaired) electrons. The first-order chi connectivity index (χ1) is 33.8. The van der Waals surface area contributed by atoms with Gasteiger partial charge in [0.1, 0.15) is 17.0 Å². The van der Waals surface area contributed by atoms with Crippen LogP contribution in [0.15, 0.2) is 112 Å². The number of ether oxygens (including phenoxy) is 1. The van der Waals surface area contributed by atoms with Crippen LogP contribution in [0, 0.1) is 6.92 Å². The van der Waals surface area contributed by atoms with E-state index in [1.165, 1.54) is 57.3 Å². The zero-order chi connectivity index (χ0) is 49.9. The number of hydrogen-bond acceptors (Lipinski definition) is 13. The Morgan fingerprint density at radius 2 is 1.61 bits per heavy atom. The highest BCUT2D eigenvalue weighted by atomic mass is 35.5. The Bertz CT molecular complexity index is 2890. The van der Waals surface area contributed by atoms with Gasteiger partial charge in [-0.05, 0) is 92.6 Å². The lowest BCUT2D eigenvalue weighted by atomic mass is 10.1. The van der Waals surface area contributed by atoms with Crippen LogP contribution in [0.4, 0.5) is 34.3 Å². The summed E-state index contributed by atoms with van der Waals surface area (Å²) in [5.41, 5.74) is 5.27. The van der Waals surface area contributed by atoms with Crippen molar-refractivity contribution < 1.29 is 27.2 Å². The third-order valence-electron chi connectivity index (χ3n) is 11.4. The summed E-state index contributed by atoms with van der Waals surface area (Å²) in [5, 5.41) is 9.42. The van der Waals surface area contributed by atoms with E-state index in [0.29, 0.717) is 53.7 Å². The highest BCUT2D eigenvalue weighted by molar-refractivity contribution is 7.88.